The summed E-state index contributed by atoms with van der Waals surface area (Å²) in [5.41, 5.74) is -1.90. The molecule has 72 valence electrons. The highest BCUT2D eigenvalue weighted by Crippen LogP contribution is 2.19. The number of hydrogen-bond donors (Lipinski definition) is 1. The van der Waals surface area contributed by atoms with Crippen molar-refractivity contribution in [3.8, 4) is 0 Å². The molecule has 0 bridgehead atoms. The molecule has 0 spiro atoms. The highest BCUT2D eigenvalue weighted by molar-refractivity contribution is 6.14. The molecule has 1 rings (SSSR count). The Balaban J connectivity index is 3.32. The SMILES string of the molecule is O=CC(C=O)(C(=O)O)c1ccccc1. The third-order valence-electron chi connectivity index (χ3n) is 1.98. The van der Waals surface area contributed by atoms with Crippen LogP contribution in [0.5, 0.6) is 0 Å². The van der Waals surface area contributed by atoms with Crippen molar-refractivity contribution in [3.05, 3.63) is 35.9 Å². The molecule has 0 fully saturated rings. The van der Waals surface area contributed by atoms with Crippen LogP contribution >= 0.6 is 0 Å². The number of aliphatic carboxylic acids is 1. The molecule has 1 aromatic carbocycles. The molecule has 0 aliphatic rings. The molecule has 0 amide bonds. The van der Waals surface area contributed by atoms with Crippen LogP contribution in [0.4, 0.5) is 0 Å². The van der Waals surface area contributed by atoms with Crippen molar-refractivity contribution in [2.75, 3.05) is 0 Å². The van der Waals surface area contributed by atoms with Gasteiger partial charge in [0.25, 0.3) is 0 Å². The van der Waals surface area contributed by atoms with Crippen LogP contribution in [0.1, 0.15) is 5.56 Å². The molecular formula is C10H8O4. The Morgan fingerprint density at radius 2 is 1.64 bits per heavy atom. The number of carboxylic acid groups (broad SMARTS) is 1. The molecule has 0 aromatic heterocycles. The zero-order valence-electron chi connectivity index (χ0n) is 7.21. The van der Waals surface area contributed by atoms with Gasteiger partial charge < -0.3 is 14.7 Å². The standard InChI is InChI=1S/C10H8O4/c11-6-10(7-12,9(13)14)8-4-2-1-3-5-8/h1-7H,(H,13,14). The molecule has 4 nitrogen and oxygen atoms in total. The predicted octanol–water partition coefficient (Wildman–Crippen LogP) is 0.407. The van der Waals surface area contributed by atoms with Gasteiger partial charge in [-0.05, 0) is 5.56 Å². The van der Waals surface area contributed by atoms with Gasteiger partial charge in [0.05, 0.1) is 0 Å². The van der Waals surface area contributed by atoms with Gasteiger partial charge in [0.1, 0.15) is 12.6 Å². The van der Waals surface area contributed by atoms with E-state index in [0.29, 0.717) is 0 Å². The molecule has 4 heteroatoms. The van der Waals surface area contributed by atoms with Gasteiger partial charge >= 0.3 is 5.97 Å². The number of aldehydes is 2. The number of benzene rings is 1. The maximum absolute atomic E-state index is 10.8. The Bertz CT molecular complexity index is 348. The summed E-state index contributed by atoms with van der Waals surface area (Å²) < 4.78 is 0. The van der Waals surface area contributed by atoms with E-state index >= 15 is 0 Å². The molecule has 1 aromatic rings. The van der Waals surface area contributed by atoms with Crippen LogP contribution in [0, 0.1) is 0 Å². The fourth-order valence-corrected chi connectivity index (χ4v) is 1.10. The van der Waals surface area contributed by atoms with Gasteiger partial charge in [0.15, 0.2) is 0 Å². The van der Waals surface area contributed by atoms with Crippen molar-refractivity contribution < 1.29 is 19.5 Å². The van der Waals surface area contributed by atoms with Gasteiger partial charge in [0.2, 0.25) is 5.41 Å². The van der Waals surface area contributed by atoms with Gasteiger partial charge in [-0.15, -0.1) is 0 Å². The number of carboxylic acids is 1. The van der Waals surface area contributed by atoms with Crippen molar-refractivity contribution in [1.82, 2.24) is 0 Å². The van der Waals surface area contributed by atoms with Crippen molar-refractivity contribution in [2.24, 2.45) is 0 Å². The van der Waals surface area contributed by atoms with Crippen LogP contribution in [0.15, 0.2) is 30.3 Å². The number of carbonyl (C=O) groups excluding carboxylic acids is 2. The third kappa shape index (κ3) is 1.42. The van der Waals surface area contributed by atoms with Crippen LogP contribution in [-0.2, 0) is 19.8 Å². The summed E-state index contributed by atoms with van der Waals surface area (Å²) in [6.07, 6.45) is 0.273. The Morgan fingerprint density at radius 1 is 1.14 bits per heavy atom. The number of carbonyl (C=O) groups is 3. The van der Waals surface area contributed by atoms with Crippen molar-refractivity contribution in [3.63, 3.8) is 0 Å². The minimum absolute atomic E-state index is 0.137. The van der Waals surface area contributed by atoms with Crippen LogP contribution in [0.2, 0.25) is 0 Å². The first-order valence-corrected chi connectivity index (χ1v) is 3.89. The van der Waals surface area contributed by atoms with Gasteiger partial charge in [-0.1, -0.05) is 30.3 Å². The van der Waals surface area contributed by atoms with Crippen molar-refractivity contribution >= 4 is 18.5 Å². The lowest BCUT2D eigenvalue weighted by atomic mass is 9.84. The van der Waals surface area contributed by atoms with E-state index in [1.165, 1.54) is 12.1 Å². The Hall–Kier alpha value is -1.97. The van der Waals surface area contributed by atoms with Gasteiger partial charge in [-0.2, -0.15) is 0 Å². The summed E-state index contributed by atoms with van der Waals surface area (Å²) in [4.78, 5) is 32.2. The molecule has 1 N–H and O–H groups in total. The van der Waals surface area contributed by atoms with Gasteiger partial charge in [-0.25, -0.2) is 0 Å². The van der Waals surface area contributed by atoms with E-state index in [1.54, 1.807) is 18.2 Å². The summed E-state index contributed by atoms with van der Waals surface area (Å²) >= 11 is 0. The number of rotatable bonds is 4. The van der Waals surface area contributed by atoms with Crippen molar-refractivity contribution in [2.45, 2.75) is 5.41 Å². The average Bonchev–Trinajstić information content (AvgIpc) is 2.22. The zero-order chi connectivity index (χ0) is 10.6. The lowest BCUT2D eigenvalue weighted by Gasteiger charge is -2.15. The van der Waals surface area contributed by atoms with E-state index in [1.807, 2.05) is 0 Å². The topological polar surface area (TPSA) is 71.4 Å². The zero-order valence-corrected chi connectivity index (χ0v) is 7.21. The molecule has 0 unspecified atom stereocenters. The van der Waals surface area contributed by atoms with E-state index < -0.39 is 11.4 Å². The molecule has 0 radical (unpaired) electrons. The Labute approximate surface area is 80.2 Å². The fraction of sp³-hybridized carbons (Fsp3) is 0.100. The van der Waals surface area contributed by atoms with Crippen LogP contribution in [0.3, 0.4) is 0 Å². The van der Waals surface area contributed by atoms with Crippen LogP contribution in [-0.4, -0.2) is 23.6 Å². The molecule has 0 saturated carbocycles. The molecular weight excluding hydrogens is 184 g/mol. The number of hydrogen-bond acceptors (Lipinski definition) is 3. The third-order valence-corrected chi connectivity index (χ3v) is 1.98. The lowest BCUT2D eigenvalue weighted by Crippen LogP contribution is -2.39. The summed E-state index contributed by atoms with van der Waals surface area (Å²) in [6, 6.07) is 7.67. The first kappa shape index (κ1) is 10.1. The molecule has 0 aliphatic carbocycles. The first-order chi connectivity index (χ1) is 6.67. The smallest absolute Gasteiger partial charge is 0.328 e. The Kier molecular flexibility index (Phi) is 2.76. The second kappa shape index (κ2) is 3.83. The van der Waals surface area contributed by atoms with E-state index in [-0.39, 0.29) is 18.1 Å². The predicted molar refractivity (Wildman–Crippen MR) is 47.9 cm³/mol. The normalized spacial score (nSPS) is 10.6. The summed E-state index contributed by atoms with van der Waals surface area (Å²) in [6.45, 7) is 0. The molecule has 0 aliphatic heterocycles. The first-order valence-electron chi connectivity index (χ1n) is 3.89. The largest absolute Gasteiger partial charge is 0.480 e. The van der Waals surface area contributed by atoms with E-state index in [2.05, 4.69) is 0 Å². The Morgan fingerprint density at radius 3 is 2.00 bits per heavy atom. The van der Waals surface area contributed by atoms with E-state index in [4.69, 9.17) is 5.11 Å². The minimum Gasteiger partial charge on any atom is -0.480 e. The quantitative estimate of drug-likeness (QED) is 0.554. The summed E-state index contributed by atoms with van der Waals surface area (Å²) in [7, 11) is 0. The fourth-order valence-electron chi connectivity index (χ4n) is 1.10. The van der Waals surface area contributed by atoms with E-state index in [0.717, 1.165) is 0 Å². The monoisotopic (exact) mass is 192 g/mol. The minimum atomic E-state index is -2.07. The van der Waals surface area contributed by atoms with E-state index in [9.17, 15) is 14.4 Å². The molecule has 0 saturated heterocycles. The second-order valence-electron chi connectivity index (χ2n) is 2.78. The van der Waals surface area contributed by atoms with Crippen molar-refractivity contribution in [1.29, 1.82) is 0 Å². The summed E-state index contributed by atoms with van der Waals surface area (Å²) in [5.74, 6) is -1.46. The highest BCUT2D eigenvalue weighted by Gasteiger charge is 2.40. The van der Waals surface area contributed by atoms with Crippen LogP contribution < -0.4 is 0 Å². The maximum Gasteiger partial charge on any atom is 0.328 e. The maximum atomic E-state index is 10.8. The summed E-state index contributed by atoms with van der Waals surface area (Å²) in [5, 5.41) is 8.81. The highest BCUT2D eigenvalue weighted by atomic mass is 16.4. The van der Waals surface area contributed by atoms with Crippen LogP contribution in [0.25, 0.3) is 0 Å². The molecule has 14 heavy (non-hydrogen) atoms. The van der Waals surface area contributed by atoms with Gasteiger partial charge in [0, 0.05) is 0 Å². The lowest BCUT2D eigenvalue weighted by molar-refractivity contribution is -0.147. The second-order valence-corrected chi connectivity index (χ2v) is 2.78. The molecule has 0 heterocycles. The average molecular weight is 192 g/mol. The van der Waals surface area contributed by atoms with Gasteiger partial charge in [-0.3, -0.25) is 4.79 Å². The molecule has 0 atom stereocenters.